The summed E-state index contributed by atoms with van der Waals surface area (Å²) in [6.45, 7) is 10.9. The maximum absolute atomic E-state index is 13.2. The topological polar surface area (TPSA) is 177 Å². The Morgan fingerprint density at radius 2 is 1.68 bits per heavy atom. The van der Waals surface area contributed by atoms with Crippen molar-refractivity contribution < 1.29 is 51.5 Å². The highest BCUT2D eigenvalue weighted by molar-refractivity contribution is 7.80. The maximum Gasteiger partial charge on any atom is 0.397 e. The highest BCUT2D eigenvalue weighted by Crippen LogP contribution is 2.40. The summed E-state index contributed by atoms with van der Waals surface area (Å²) in [5.74, 6) is -5.13. The van der Waals surface area contributed by atoms with Gasteiger partial charge in [0.15, 0.2) is 11.6 Å². The normalized spacial score (nSPS) is 34.7. The van der Waals surface area contributed by atoms with E-state index in [0.717, 1.165) is 12.0 Å². The molecule has 0 saturated carbocycles. The molecule has 2 bridgehead atoms. The number of cyclic esters (lactones) is 1. The molecule has 0 aliphatic carbocycles. The number of aliphatic hydroxyl groups is 3. The van der Waals surface area contributed by atoms with E-state index in [4.69, 9.17) is 13.7 Å². The lowest BCUT2D eigenvalue weighted by molar-refractivity contribution is -0.350. The fourth-order valence-corrected chi connectivity index (χ4v) is 6.33. The Labute approximate surface area is 280 Å². The number of carbonyl (C=O) groups is 2. The Bertz CT molecular complexity index is 1280. The van der Waals surface area contributed by atoms with E-state index in [1.807, 2.05) is 45.9 Å². The van der Waals surface area contributed by atoms with Gasteiger partial charge in [-0.05, 0) is 44.6 Å². The number of ketones is 1. The van der Waals surface area contributed by atoms with Crippen LogP contribution >= 0.6 is 0 Å². The highest BCUT2D eigenvalue weighted by Gasteiger charge is 2.55. The van der Waals surface area contributed by atoms with Gasteiger partial charge in [0.05, 0.1) is 12.2 Å². The standard InChI is InChI=1S/C35H54O11S/c1-23(2)20-31-25(4)21-24(3)18-19-28(36)26(5)32-22-29(37)27(6)35(40,45-32)34(39)30(46-47(41,42)43)16-14-12-10-8-7-9-11-13-15-17-33(38)44-31/h7,9,11,13,15,17-19,21,23,25-27,29-32,34,37,39-40H,8,10,12,14,16,20,22H2,1-6H3,(H,41,42,43)/t25-,26+,27-,29+,30-,31-,32+,34+,35-/m1/s1. The molecule has 11 nitrogen and oxygen atoms in total. The zero-order valence-electron chi connectivity index (χ0n) is 28.4. The number of fused-ring (bicyclic) bond motifs is 2. The van der Waals surface area contributed by atoms with E-state index in [1.54, 1.807) is 31.2 Å². The summed E-state index contributed by atoms with van der Waals surface area (Å²) in [4.78, 5) is 25.8. The lowest BCUT2D eigenvalue weighted by Crippen LogP contribution is -2.64. The van der Waals surface area contributed by atoms with Gasteiger partial charge in [-0.3, -0.25) is 9.35 Å². The molecule has 12 heteroatoms. The average Bonchev–Trinajstić information content (AvgIpc) is 2.98. The van der Waals surface area contributed by atoms with Crippen molar-refractivity contribution in [3.63, 3.8) is 0 Å². The van der Waals surface area contributed by atoms with Crippen LogP contribution in [0.2, 0.25) is 0 Å². The van der Waals surface area contributed by atoms with Gasteiger partial charge in [0.2, 0.25) is 0 Å². The fourth-order valence-electron chi connectivity index (χ4n) is 5.81. The monoisotopic (exact) mass is 682 g/mol. The zero-order valence-corrected chi connectivity index (χ0v) is 29.2. The van der Waals surface area contributed by atoms with Gasteiger partial charge in [0.1, 0.15) is 18.3 Å². The molecule has 2 aliphatic rings. The molecule has 2 aliphatic heterocycles. The third-order valence-corrected chi connectivity index (χ3v) is 9.22. The summed E-state index contributed by atoms with van der Waals surface area (Å²) in [7, 11) is -5.02. The molecule has 0 aromatic rings. The van der Waals surface area contributed by atoms with Crippen LogP contribution in [-0.4, -0.2) is 76.3 Å². The molecular weight excluding hydrogens is 628 g/mol. The molecule has 0 aromatic carbocycles. The molecule has 9 atom stereocenters. The second-order valence-electron chi connectivity index (χ2n) is 13.2. The van der Waals surface area contributed by atoms with Gasteiger partial charge < -0.3 is 24.8 Å². The van der Waals surface area contributed by atoms with Crippen molar-refractivity contribution in [1.29, 1.82) is 0 Å². The van der Waals surface area contributed by atoms with Crippen LogP contribution in [0.4, 0.5) is 0 Å². The minimum atomic E-state index is -5.02. The lowest BCUT2D eigenvalue weighted by atomic mass is 9.79. The first kappa shape index (κ1) is 40.7. The van der Waals surface area contributed by atoms with Crippen molar-refractivity contribution in [3.05, 3.63) is 60.3 Å². The van der Waals surface area contributed by atoms with Gasteiger partial charge in [0.25, 0.3) is 0 Å². The highest BCUT2D eigenvalue weighted by atomic mass is 32.3. The SMILES string of the molecule is CC1=C[C@@H](C)[C@@H](CC(C)C)OC(=O)C=CC=CC=CCCCCC[C@@H](OS(=O)(=O)O)[C@H](O)[C@]2(O)O[C@@H](C[C@H](O)[C@H]2C)[C@@H](C)C(=O)C=C1. The van der Waals surface area contributed by atoms with Crippen molar-refractivity contribution in [3.8, 4) is 0 Å². The molecule has 2 rings (SSSR count). The molecule has 2 heterocycles. The first-order valence-corrected chi connectivity index (χ1v) is 17.8. The molecule has 0 spiro atoms. The third kappa shape index (κ3) is 13.5. The van der Waals surface area contributed by atoms with E-state index >= 15 is 0 Å². The van der Waals surface area contributed by atoms with E-state index in [2.05, 4.69) is 0 Å². The van der Waals surface area contributed by atoms with E-state index in [0.29, 0.717) is 25.7 Å². The van der Waals surface area contributed by atoms with Crippen LogP contribution < -0.4 is 0 Å². The van der Waals surface area contributed by atoms with Gasteiger partial charge in [-0.1, -0.05) is 95.6 Å². The lowest BCUT2D eigenvalue weighted by Gasteiger charge is -2.49. The smallest absolute Gasteiger partial charge is 0.397 e. The summed E-state index contributed by atoms with van der Waals surface area (Å²) >= 11 is 0. The molecule has 0 unspecified atom stereocenters. The fraction of sp³-hybridized carbons (Fsp3) is 0.657. The molecule has 0 aromatic heterocycles. The van der Waals surface area contributed by atoms with Gasteiger partial charge in [-0.2, -0.15) is 8.42 Å². The number of carbonyl (C=O) groups excluding carboxylic acids is 2. The maximum atomic E-state index is 13.2. The van der Waals surface area contributed by atoms with E-state index < -0.39 is 58.4 Å². The van der Waals surface area contributed by atoms with Crippen molar-refractivity contribution in [1.82, 2.24) is 0 Å². The van der Waals surface area contributed by atoms with Gasteiger partial charge in [-0.15, -0.1) is 0 Å². The van der Waals surface area contributed by atoms with Gasteiger partial charge in [0, 0.05) is 30.3 Å². The van der Waals surface area contributed by atoms with Crippen LogP contribution in [-0.2, 0) is 33.6 Å². The first-order valence-electron chi connectivity index (χ1n) is 16.5. The minimum Gasteiger partial charge on any atom is -0.459 e. The third-order valence-electron chi connectivity index (χ3n) is 8.73. The zero-order chi connectivity index (χ0) is 35.4. The Kier molecular flexibility index (Phi) is 16.4. The molecule has 1 fully saturated rings. The van der Waals surface area contributed by atoms with Crippen LogP contribution in [0.1, 0.15) is 86.5 Å². The van der Waals surface area contributed by atoms with Crippen LogP contribution in [0.3, 0.4) is 0 Å². The first-order chi connectivity index (χ1) is 21.9. The molecule has 4 N–H and O–H groups in total. The predicted octanol–water partition coefficient (Wildman–Crippen LogP) is 4.94. The predicted molar refractivity (Wildman–Crippen MR) is 178 cm³/mol. The second-order valence-corrected chi connectivity index (χ2v) is 14.3. The average molecular weight is 683 g/mol. The molecule has 266 valence electrons. The summed E-state index contributed by atoms with van der Waals surface area (Å²) in [6, 6.07) is 0. The van der Waals surface area contributed by atoms with Crippen LogP contribution in [0.5, 0.6) is 0 Å². The number of aliphatic hydroxyl groups excluding tert-OH is 2. The van der Waals surface area contributed by atoms with Gasteiger partial charge in [-0.25, -0.2) is 8.98 Å². The van der Waals surface area contributed by atoms with Crippen LogP contribution in [0.15, 0.2) is 60.3 Å². The van der Waals surface area contributed by atoms with E-state index in [1.165, 1.54) is 19.1 Å². The largest absolute Gasteiger partial charge is 0.459 e. The second kappa shape index (κ2) is 18.9. The molecular formula is C35H54O11S. The summed E-state index contributed by atoms with van der Waals surface area (Å²) in [5.41, 5.74) is 0.755. The number of hydrogen-bond acceptors (Lipinski definition) is 10. The van der Waals surface area contributed by atoms with E-state index in [9.17, 15) is 37.9 Å². The van der Waals surface area contributed by atoms with E-state index in [-0.39, 0.29) is 36.6 Å². The van der Waals surface area contributed by atoms with Crippen LogP contribution in [0, 0.1) is 23.7 Å². The number of ether oxygens (including phenoxy) is 2. The van der Waals surface area contributed by atoms with Crippen molar-refractivity contribution in [2.75, 3.05) is 0 Å². The Balaban J connectivity index is 2.42. The quantitative estimate of drug-likeness (QED) is 0.233. The minimum absolute atomic E-state index is 0.0218. The van der Waals surface area contributed by atoms with Crippen molar-refractivity contribution >= 4 is 22.2 Å². The van der Waals surface area contributed by atoms with Gasteiger partial charge >= 0.3 is 16.4 Å². The Morgan fingerprint density at radius 3 is 2.34 bits per heavy atom. The molecule has 1 saturated heterocycles. The Morgan fingerprint density at radius 1 is 1.00 bits per heavy atom. The summed E-state index contributed by atoms with van der Waals surface area (Å²) in [5, 5.41) is 33.7. The summed E-state index contributed by atoms with van der Waals surface area (Å²) in [6.07, 6.45) is 12.0. The Hall–Kier alpha value is -2.45. The molecule has 47 heavy (non-hydrogen) atoms. The number of esters is 1. The van der Waals surface area contributed by atoms with Crippen molar-refractivity contribution in [2.24, 2.45) is 23.7 Å². The molecule has 0 radical (unpaired) electrons. The van der Waals surface area contributed by atoms with Crippen molar-refractivity contribution in [2.45, 2.75) is 123 Å². The number of hydrogen-bond donors (Lipinski definition) is 4. The molecule has 0 amide bonds. The van der Waals surface area contributed by atoms with Crippen LogP contribution in [0.25, 0.3) is 0 Å². The summed E-state index contributed by atoms with van der Waals surface area (Å²) < 4.78 is 49.2. The number of allylic oxidation sites excluding steroid dienone is 8. The number of rotatable bonds is 4.